The molecule has 1 aliphatic heterocycles. The van der Waals surface area contributed by atoms with Crippen LogP contribution in [-0.2, 0) is 9.59 Å². The Labute approximate surface area is 113 Å². The average molecular weight is 270 g/mol. The summed E-state index contributed by atoms with van der Waals surface area (Å²) in [6.45, 7) is 8.11. The van der Waals surface area contributed by atoms with Gasteiger partial charge in [0, 0.05) is 26.2 Å². The molecule has 0 bridgehead atoms. The first kappa shape index (κ1) is 15.7. The second-order valence-electron chi connectivity index (χ2n) is 5.12. The van der Waals surface area contributed by atoms with Crippen LogP contribution in [-0.4, -0.2) is 69.7 Å². The predicted octanol–water partition coefficient (Wildman–Crippen LogP) is -0.635. The van der Waals surface area contributed by atoms with Crippen molar-refractivity contribution in [3.8, 4) is 0 Å². The van der Waals surface area contributed by atoms with Crippen LogP contribution in [0.3, 0.4) is 0 Å². The fourth-order valence-electron chi connectivity index (χ4n) is 1.93. The number of hydrogen-bond donors (Lipinski definition) is 2. The number of rotatable bonds is 4. The van der Waals surface area contributed by atoms with Crippen molar-refractivity contribution in [3.05, 3.63) is 12.7 Å². The van der Waals surface area contributed by atoms with Crippen molar-refractivity contribution in [1.29, 1.82) is 0 Å². The molecule has 108 valence electrons. The van der Waals surface area contributed by atoms with Crippen LogP contribution in [0.25, 0.3) is 0 Å². The molecule has 0 unspecified atom stereocenters. The topological polar surface area (TPSA) is 81.1 Å². The van der Waals surface area contributed by atoms with Gasteiger partial charge in [0.15, 0.2) is 0 Å². The summed E-state index contributed by atoms with van der Waals surface area (Å²) in [5, 5.41) is 19.0. The van der Waals surface area contributed by atoms with E-state index in [2.05, 4.69) is 6.58 Å². The van der Waals surface area contributed by atoms with Crippen molar-refractivity contribution < 1.29 is 19.8 Å². The van der Waals surface area contributed by atoms with Gasteiger partial charge in [-0.3, -0.25) is 9.59 Å². The zero-order chi connectivity index (χ0) is 14.6. The van der Waals surface area contributed by atoms with E-state index in [1.165, 1.54) is 19.9 Å². The van der Waals surface area contributed by atoms with E-state index in [1.807, 2.05) is 0 Å². The first-order valence-corrected chi connectivity index (χ1v) is 6.37. The number of hydrogen-bond acceptors (Lipinski definition) is 4. The van der Waals surface area contributed by atoms with Gasteiger partial charge in [-0.1, -0.05) is 6.08 Å². The smallest absolute Gasteiger partial charge is 0.251 e. The van der Waals surface area contributed by atoms with Gasteiger partial charge in [0.05, 0.1) is 12.0 Å². The number of piperazine rings is 1. The van der Waals surface area contributed by atoms with Crippen LogP contribution in [0.2, 0.25) is 0 Å². The van der Waals surface area contributed by atoms with Crippen LogP contribution in [0.15, 0.2) is 12.7 Å². The fraction of sp³-hybridized carbons (Fsp3) is 0.692. The Hall–Kier alpha value is -1.40. The highest BCUT2D eigenvalue weighted by Crippen LogP contribution is 2.14. The highest BCUT2D eigenvalue weighted by molar-refractivity contribution is 5.81. The minimum Gasteiger partial charge on any atom is -0.386 e. The molecule has 2 amide bonds. The first-order chi connectivity index (χ1) is 8.76. The summed E-state index contributed by atoms with van der Waals surface area (Å²) in [5.74, 6) is -0.473. The van der Waals surface area contributed by atoms with Gasteiger partial charge in [-0.25, -0.2) is 0 Å². The highest BCUT2D eigenvalue weighted by atomic mass is 16.3. The molecule has 1 heterocycles. The molecule has 6 nitrogen and oxygen atoms in total. The van der Waals surface area contributed by atoms with E-state index < -0.39 is 11.7 Å². The molecule has 0 spiro atoms. The van der Waals surface area contributed by atoms with E-state index in [0.717, 1.165) is 0 Å². The van der Waals surface area contributed by atoms with E-state index in [1.54, 1.807) is 9.80 Å². The van der Waals surface area contributed by atoms with Crippen LogP contribution in [0.1, 0.15) is 20.3 Å². The maximum atomic E-state index is 11.9. The van der Waals surface area contributed by atoms with Crippen molar-refractivity contribution in [2.75, 3.05) is 26.2 Å². The third-order valence-corrected chi connectivity index (χ3v) is 3.25. The molecule has 0 radical (unpaired) electrons. The third-order valence-electron chi connectivity index (χ3n) is 3.25. The van der Waals surface area contributed by atoms with Crippen molar-refractivity contribution in [1.82, 2.24) is 9.80 Å². The minimum atomic E-state index is -1.20. The van der Waals surface area contributed by atoms with E-state index in [-0.39, 0.29) is 18.2 Å². The quantitative estimate of drug-likeness (QED) is 0.666. The molecular weight excluding hydrogens is 248 g/mol. The second kappa shape index (κ2) is 6.16. The first-order valence-electron chi connectivity index (χ1n) is 6.37. The largest absolute Gasteiger partial charge is 0.386 e. The van der Waals surface area contributed by atoms with Crippen LogP contribution >= 0.6 is 0 Å². The van der Waals surface area contributed by atoms with Crippen LogP contribution in [0.4, 0.5) is 0 Å². The van der Waals surface area contributed by atoms with Crippen LogP contribution < -0.4 is 0 Å². The SMILES string of the molecule is C=C[C@@](C)(O)CC(=O)N1CCN(C(=O)[C@@H](C)O)CC1. The van der Waals surface area contributed by atoms with Gasteiger partial charge in [0.1, 0.15) is 6.10 Å². The summed E-state index contributed by atoms with van der Waals surface area (Å²) >= 11 is 0. The highest BCUT2D eigenvalue weighted by Gasteiger charge is 2.29. The van der Waals surface area contributed by atoms with Crippen molar-refractivity contribution >= 4 is 11.8 Å². The minimum absolute atomic E-state index is 0.0130. The van der Waals surface area contributed by atoms with E-state index >= 15 is 0 Å². The number of carbonyl (C=O) groups excluding carboxylic acids is 2. The van der Waals surface area contributed by atoms with E-state index in [9.17, 15) is 19.8 Å². The number of amides is 2. The van der Waals surface area contributed by atoms with Gasteiger partial charge >= 0.3 is 0 Å². The lowest BCUT2D eigenvalue weighted by atomic mass is 10.0. The number of aliphatic hydroxyl groups excluding tert-OH is 1. The van der Waals surface area contributed by atoms with Gasteiger partial charge in [0.2, 0.25) is 5.91 Å². The van der Waals surface area contributed by atoms with E-state index in [0.29, 0.717) is 26.2 Å². The maximum Gasteiger partial charge on any atom is 0.251 e. The van der Waals surface area contributed by atoms with Gasteiger partial charge < -0.3 is 20.0 Å². The molecule has 19 heavy (non-hydrogen) atoms. The Bertz CT molecular complexity index is 358. The van der Waals surface area contributed by atoms with Crippen molar-refractivity contribution in [2.24, 2.45) is 0 Å². The molecule has 0 aromatic heterocycles. The number of aliphatic hydroxyl groups is 2. The van der Waals surface area contributed by atoms with Gasteiger partial charge in [0.25, 0.3) is 5.91 Å². The summed E-state index contributed by atoms with van der Waals surface area (Å²) in [6.07, 6.45) is 0.322. The zero-order valence-corrected chi connectivity index (χ0v) is 11.5. The third kappa shape index (κ3) is 4.33. The summed E-state index contributed by atoms with van der Waals surface area (Å²) in [7, 11) is 0. The molecule has 1 fully saturated rings. The number of carbonyl (C=O) groups is 2. The lowest BCUT2D eigenvalue weighted by Crippen LogP contribution is -2.53. The molecule has 0 aromatic carbocycles. The zero-order valence-electron chi connectivity index (χ0n) is 11.5. The Kier molecular flexibility index (Phi) is 5.08. The molecule has 6 heteroatoms. The van der Waals surface area contributed by atoms with E-state index in [4.69, 9.17) is 0 Å². The van der Waals surface area contributed by atoms with Gasteiger partial charge in [-0.2, -0.15) is 0 Å². The Balaban J connectivity index is 2.48. The van der Waals surface area contributed by atoms with Crippen molar-refractivity contribution in [3.63, 3.8) is 0 Å². The van der Waals surface area contributed by atoms with Crippen LogP contribution in [0.5, 0.6) is 0 Å². The molecule has 1 saturated heterocycles. The molecule has 0 aromatic rings. The van der Waals surface area contributed by atoms with Gasteiger partial charge in [-0.05, 0) is 13.8 Å². The molecular formula is C13H22N2O4. The molecule has 2 N–H and O–H groups in total. The lowest BCUT2D eigenvalue weighted by molar-refractivity contribution is -0.145. The summed E-state index contributed by atoms with van der Waals surface area (Å²) in [6, 6.07) is 0. The summed E-state index contributed by atoms with van der Waals surface area (Å²) < 4.78 is 0. The Morgan fingerprint density at radius 1 is 1.32 bits per heavy atom. The summed E-state index contributed by atoms with van der Waals surface area (Å²) in [5.41, 5.74) is -1.20. The lowest BCUT2D eigenvalue weighted by Gasteiger charge is -2.36. The Morgan fingerprint density at radius 2 is 1.79 bits per heavy atom. The Morgan fingerprint density at radius 3 is 2.21 bits per heavy atom. The molecule has 0 saturated carbocycles. The normalized spacial score (nSPS) is 20.6. The fourth-order valence-corrected chi connectivity index (χ4v) is 1.93. The van der Waals surface area contributed by atoms with Crippen LogP contribution in [0, 0.1) is 0 Å². The number of nitrogens with zero attached hydrogens (tertiary/aromatic N) is 2. The molecule has 1 aliphatic rings. The monoisotopic (exact) mass is 270 g/mol. The molecule has 2 atom stereocenters. The maximum absolute atomic E-state index is 11.9. The standard InChI is InChI=1S/C13H22N2O4/c1-4-13(3,19)9-11(17)14-5-7-15(8-6-14)12(18)10(2)16/h4,10,16,19H,1,5-9H2,2-3H3/t10-,13-/m1/s1. The second-order valence-corrected chi connectivity index (χ2v) is 5.12. The predicted molar refractivity (Wildman–Crippen MR) is 70.3 cm³/mol. The average Bonchev–Trinajstić information content (AvgIpc) is 2.37. The van der Waals surface area contributed by atoms with Crippen molar-refractivity contribution in [2.45, 2.75) is 32.0 Å². The molecule has 1 rings (SSSR count). The summed E-state index contributed by atoms with van der Waals surface area (Å²) in [4.78, 5) is 26.7. The molecule has 0 aliphatic carbocycles. The van der Waals surface area contributed by atoms with Gasteiger partial charge in [-0.15, -0.1) is 6.58 Å².